The second kappa shape index (κ2) is 11.9. The lowest BCUT2D eigenvalue weighted by Crippen LogP contribution is -2.30. The van der Waals surface area contributed by atoms with Crippen LogP contribution in [0.15, 0.2) is 54.7 Å². The van der Waals surface area contributed by atoms with Crippen LogP contribution < -0.4 is 10.6 Å². The smallest absolute Gasteiger partial charge is 0.369 e. The summed E-state index contributed by atoms with van der Waals surface area (Å²) < 4.78 is 40.5. The number of nitrogens with zero attached hydrogens (tertiary/aromatic N) is 3. The van der Waals surface area contributed by atoms with Crippen molar-refractivity contribution in [3.63, 3.8) is 0 Å². The van der Waals surface area contributed by atoms with Gasteiger partial charge in [-0.1, -0.05) is 35.9 Å². The van der Waals surface area contributed by atoms with E-state index in [1.807, 2.05) is 0 Å². The number of halogens is 5. The molecule has 0 aliphatic carbocycles. The van der Waals surface area contributed by atoms with Gasteiger partial charge < -0.3 is 15.0 Å². The summed E-state index contributed by atoms with van der Waals surface area (Å²) in [5, 5.41) is 5.37. The van der Waals surface area contributed by atoms with Gasteiger partial charge in [0.1, 0.15) is 5.02 Å². The van der Waals surface area contributed by atoms with Crippen LogP contribution in [0.2, 0.25) is 10.3 Å². The van der Waals surface area contributed by atoms with Crippen LogP contribution in [0.4, 0.5) is 35.2 Å². The predicted octanol–water partition coefficient (Wildman–Crippen LogP) is 5.71. The Morgan fingerprint density at radius 1 is 1.00 bits per heavy atom. The lowest BCUT2D eigenvalue weighted by Gasteiger charge is -2.22. The zero-order chi connectivity index (χ0) is 27.2. The summed E-state index contributed by atoms with van der Waals surface area (Å²) >= 11 is 11.9. The van der Waals surface area contributed by atoms with E-state index in [0.717, 1.165) is 5.56 Å². The topological polar surface area (TPSA) is 114 Å². The second-order valence-corrected chi connectivity index (χ2v) is 8.28. The first kappa shape index (κ1) is 27.7. The lowest BCUT2D eigenvalue weighted by atomic mass is 10.1. The van der Waals surface area contributed by atoms with E-state index in [-0.39, 0.29) is 35.0 Å². The van der Waals surface area contributed by atoms with Gasteiger partial charge in [-0.05, 0) is 47.0 Å². The molecule has 0 saturated heterocycles. The quantitative estimate of drug-likeness (QED) is 0.218. The zero-order valence-corrected chi connectivity index (χ0v) is 20.5. The molecule has 3 rings (SSSR count). The van der Waals surface area contributed by atoms with Gasteiger partial charge in [0.25, 0.3) is 0 Å². The molecule has 0 unspecified atom stereocenters. The van der Waals surface area contributed by atoms with E-state index in [4.69, 9.17) is 23.2 Å². The number of rotatable bonds is 7. The molecule has 2 N–H and O–H groups in total. The Kier molecular flexibility index (Phi) is 8.90. The normalized spacial score (nSPS) is 11.0. The number of nitrogens with one attached hydrogen (secondary N) is 2. The van der Waals surface area contributed by atoms with Crippen LogP contribution in [0.3, 0.4) is 0 Å². The molecule has 0 saturated carbocycles. The number of alkyl halides is 3. The molecular weight excluding hydrogens is 538 g/mol. The third kappa shape index (κ3) is 8.33. The standard InChI is InChI=1S/C23H18Cl2F3N5O4/c1-13(34)33(11-14-4-2-6-16(8-14)30-19-18(24)10-29-21(25)32-19)12-15-5-3-7-17(9-15)31-22(36)37-20(35)23(26,27)28/h2-10H,11-12H2,1H3,(H,31,36)(H,29,30,32). The summed E-state index contributed by atoms with van der Waals surface area (Å²) in [5.74, 6) is -2.58. The van der Waals surface area contributed by atoms with E-state index in [0.29, 0.717) is 17.1 Å². The molecule has 0 aliphatic rings. The number of esters is 1. The molecule has 14 heteroatoms. The summed E-state index contributed by atoms with van der Waals surface area (Å²) in [6.45, 7) is 1.71. The molecule has 0 radical (unpaired) electrons. The highest BCUT2D eigenvalue weighted by atomic mass is 35.5. The van der Waals surface area contributed by atoms with Crippen molar-refractivity contribution in [1.82, 2.24) is 14.9 Å². The van der Waals surface area contributed by atoms with E-state index < -0.39 is 18.2 Å². The third-order valence-corrected chi connectivity index (χ3v) is 5.15. The first-order valence-electron chi connectivity index (χ1n) is 10.4. The molecule has 0 fully saturated rings. The van der Waals surface area contributed by atoms with Crippen molar-refractivity contribution < 1.29 is 32.3 Å². The minimum Gasteiger partial charge on any atom is -0.369 e. The first-order valence-corrected chi connectivity index (χ1v) is 11.1. The summed E-state index contributed by atoms with van der Waals surface area (Å²) in [7, 11) is 0. The fourth-order valence-corrected chi connectivity index (χ4v) is 3.34. The van der Waals surface area contributed by atoms with Gasteiger partial charge in [-0.15, -0.1) is 0 Å². The highest BCUT2D eigenvalue weighted by Crippen LogP contribution is 2.25. The van der Waals surface area contributed by atoms with E-state index in [2.05, 4.69) is 25.3 Å². The molecule has 0 bridgehead atoms. The minimum absolute atomic E-state index is 0.0164. The number of carbonyl (C=O) groups is 3. The molecular formula is C23H18Cl2F3N5O4. The second-order valence-electron chi connectivity index (χ2n) is 7.54. The zero-order valence-electron chi connectivity index (χ0n) is 19.0. The van der Waals surface area contributed by atoms with Gasteiger partial charge in [0.05, 0.1) is 6.20 Å². The monoisotopic (exact) mass is 555 g/mol. The van der Waals surface area contributed by atoms with Gasteiger partial charge in [-0.3, -0.25) is 10.1 Å². The maximum Gasteiger partial charge on any atom is 0.491 e. The lowest BCUT2D eigenvalue weighted by molar-refractivity contribution is -0.192. The summed E-state index contributed by atoms with van der Waals surface area (Å²) in [5.41, 5.74) is 2.04. The summed E-state index contributed by atoms with van der Waals surface area (Å²) in [4.78, 5) is 44.1. The van der Waals surface area contributed by atoms with Crippen LogP contribution in [0, 0.1) is 0 Å². The van der Waals surface area contributed by atoms with Gasteiger partial charge in [-0.25, -0.2) is 14.6 Å². The highest BCUT2D eigenvalue weighted by molar-refractivity contribution is 6.33. The molecule has 0 aliphatic heterocycles. The van der Waals surface area contributed by atoms with Crippen molar-refractivity contribution in [2.24, 2.45) is 0 Å². The average Bonchev–Trinajstić information content (AvgIpc) is 2.81. The Morgan fingerprint density at radius 2 is 1.59 bits per heavy atom. The van der Waals surface area contributed by atoms with Gasteiger partial charge in [-0.2, -0.15) is 18.2 Å². The van der Waals surface area contributed by atoms with Gasteiger partial charge >= 0.3 is 18.2 Å². The SMILES string of the molecule is CC(=O)N(Cc1cccc(NC(=O)OC(=O)C(F)(F)F)c1)Cc1cccc(Nc2nc(Cl)ncc2Cl)c1. The van der Waals surface area contributed by atoms with E-state index in [1.54, 1.807) is 30.3 Å². The Labute approximate surface area is 218 Å². The summed E-state index contributed by atoms with van der Waals surface area (Å²) in [6, 6.07) is 13.1. The number of hydrogen-bond donors (Lipinski definition) is 2. The van der Waals surface area contributed by atoms with E-state index in [1.165, 1.54) is 36.2 Å². The van der Waals surface area contributed by atoms with Crippen molar-refractivity contribution in [3.05, 3.63) is 76.2 Å². The number of ether oxygens (including phenoxy) is 1. The van der Waals surface area contributed by atoms with Crippen molar-refractivity contribution in [2.45, 2.75) is 26.2 Å². The number of benzene rings is 2. The molecule has 1 aromatic heterocycles. The molecule has 2 aromatic carbocycles. The van der Waals surface area contributed by atoms with Crippen LogP contribution in [0.1, 0.15) is 18.1 Å². The maximum atomic E-state index is 12.3. The van der Waals surface area contributed by atoms with E-state index in [9.17, 15) is 27.6 Å². The number of aromatic nitrogens is 2. The minimum atomic E-state index is -5.30. The molecule has 9 nitrogen and oxygen atoms in total. The predicted molar refractivity (Wildman–Crippen MR) is 129 cm³/mol. The van der Waals surface area contributed by atoms with Crippen molar-refractivity contribution in [2.75, 3.05) is 10.6 Å². The van der Waals surface area contributed by atoms with Crippen molar-refractivity contribution >= 4 is 58.4 Å². The van der Waals surface area contributed by atoms with Gasteiger partial charge in [0, 0.05) is 31.4 Å². The van der Waals surface area contributed by atoms with E-state index >= 15 is 0 Å². The first-order chi connectivity index (χ1) is 17.4. The Hall–Kier alpha value is -3.90. The van der Waals surface area contributed by atoms with Crippen LogP contribution in [0.5, 0.6) is 0 Å². The number of hydrogen-bond acceptors (Lipinski definition) is 7. The molecule has 2 amide bonds. The third-order valence-electron chi connectivity index (χ3n) is 4.69. The number of carbonyl (C=O) groups excluding carboxylic acids is 3. The molecule has 0 atom stereocenters. The van der Waals surface area contributed by atoms with Crippen LogP contribution >= 0.6 is 23.2 Å². The summed E-state index contributed by atoms with van der Waals surface area (Å²) in [6.07, 6.45) is -5.53. The van der Waals surface area contributed by atoms with Crippen LogP contribution in [0.25, 0.3) is 0 Å². The Morgan fingerprint density at radius 3 is 2.19 bits per heavy atom. The van der Waals surface area contributed by atoms with Crippen molar-refractivity contribution in [3.8, 4) is 0 Å². The largest absolute Gasteiger partial charge is 0.491 e. The Balaban J connectivity index is 1.68. The highest BCUT2D eigenvalue weighted by Gasteiger charge is 2.42. The van der Waals surface area contributed by atoms with Gasteiger partial charge in [0.15, 0.2) is 5.82 Å². The molecule has 1 heterocycles. The fraction of sp³-hybridized carbons (Fsp3) is 0.174. The number of amides is 2. The average molecular weight is 556 g/mol. The molecule has 37 heavy (non-hydrogen) atoms. The van der Waals surface area contributed by atoms with Crippen molar-refractivity contribution in [1.29, 1.82) is 0 Å². The fourth-order valence-electron chi connectivity index (χ4n) is 3.07. The van der Waals surface area contributed by atoms with Crippen LogP contribution in [-0.4, -0.2) is 39.0 Å². The number of anilines is 3. The molecule has 194 valence electrons. The maximum absolute atomic E-state index is 12.3. The Bertz CT molecular complexity index is 1320. The molecule has 0 spiro atoms. The van der Waals surface area contributed by atoms with Gasteiger partial charge in [0.2, 0.25) is 11.2 Å². The molecule has 3 aromatic rings. The van der Waals surface area contributed by atoms with Crippen LogP contribution in [-0.2, 0) is 27.4 Å².